The molecule has 0 aliphatic heterocycles. The number of amides is 1. The molecule has 0 aliphatic carbocycles. The minimum atomic E-state index is -0.663. The Hall–Kier alpha value is -3.61. The molecule has 7 nitrogen and oxygen atoms in total. The first-order chi connectivity index (χ1) is 14.9. The summed E-state index contributed by atoms with van der Waals surface area (Å²) in [5, 5.41) is 0. The number of nitrogens with two attached hydrogens (primary N) is 1. The van der Waals surface area contributed by atoms with Crippen molar-refractivity contribution in [1.29, 1.82) is 0 Å². The summed E-state index contributed by atoms with van der Waals surface area (Å²) in [6.45, 7) is 4.48. The van der Waals surface area contributed by atoms with Gasteiger partial charge >= 0.3 is 5.69 Å². The molecular formula is C24H28N4O3. The normalized spacial score (nSPS) is 10.8. The van der Waals surface area contributed by atoms with Crippen molar-refractivity contribution >= 4 is 17.4 Å². The third-order valence-electron chi connectivity index (χ3n) is 5.31. The number of hydrogen-bond acceptors (Lipinski definition) is 4. The van der Waals surface area contributed by atoms with Crippen molar-refractivity contribution in [3.63, 3.8) is 0 Å². The molecule has 0 saturated carbocycles. The van der Waals surface area contributed by atoms with Crippen LogP contribution in [0.4, 0.5) is 11.5 Å². The van der Waals surface area contributed by atoms with Gasteiger partial charge in [0.1, 0.15) is 5.82 Å². The van der Waals surface area contributed by atoms with Gasteiger partial charge in [-0.2, -0.15) is 0 Å². The van der Waals surface area contributed by atoms with Crippen LogP contribution in [-0.2, 0) is 24.3 Å². The van der Waals surface area contributed by atoms with Crippen molar-refractivity contribution in [3.8, 4) is 0 Å². The molecule has 2 aromatic carbocycles. The van der Waals surface area contributed by atoms with E-state index in [1.54, 1.807) is 0 Å². The van der Waals surface area contributed by atoms with E-state index in [1.165, 1.54) is 9.47 Å². The maximum atomic E-state index is 13.4. The largest absolute Gasteiger partial charge is 0.383 e. The van der Waals surface area contributed by atoms with Crippen molar-refractivity contribution in [1.82, 2.24) is 9.55 Å². The molecule has 162 valence electrons. The van der Waals surface area contributed by atoms with E-state index < -0.39 is 11.2 Å². The van der Waals surface area contributed by atoms with Crippen LogP contribution in [0.5, 0.6) is 0 Å². The smallest absolute Gasteiger partial charge is 0.330 e. The number of benzene rings is 2. The van der Waals surface area contributed by atoms with Gasteiger partial charge in [-0.15, -0.1) is 0 Å². The minimum absolute atomic E-state index is 0.0104. The zero-order chi connectivity index (χ0) is 22.4. The number of aromatic amines is 1. The molecule has 3 aromatic rings. The second kappa shape index (κ2) is 9.93. The highest BCUT2D eigenvalue weighted by Crippen LogP contribution is 2.22. The molecule has 0 fully saturated rings. The van der Waals surface area contributed by atoms with Crippen molar-refractivity contribution in [2.24, 2.45) is 0 Å². The van der Waals surface area contributed by atoms with Gasteiger partial charge in [-0.05, 0) is 30.0 Å². The number of carbonyl (C=O) groups excluding carboxylic acids is 1. The van der Waals surface area contributed by atoms with Gasteiger partial charge in [-0.25, -0.2) is 4.79 Å². The van der Waals surface area contributed by atoms with Crippen LogP contribution in [0.1, 0.15) is 36.5 Å². The Labute approximate surface area is 181 Å². The first-order valence-electron chi connectivity index (χ1n) is 10.4. The number of carbonyl (C=O) groups is 1. The van der Waals surface area contributed by atoms with E-state index in [1.807, 2.05) is 68.4 Å². The van der Waals surface area contributed by atoms with Gasteiger partial charge < -0.3 is 5.73 Å². The van der Waals surface area contributed by atoms with Crippen LogP contribution >= 0.6 is 0 Å². The molecule has 3 N–H and O–H groups in total. The van der Waals surface area contributed by atoms with Crippen molar-refractivity contribution in [3.05, 3.63) is 92.1 Å². The number of H-pyrrole nitrogens is 1. The van der Waals surface area contributed by atoms with Gasteiger partial charge in [-0.3, -0.25) is 24.0 Å². The zero-order valence-corrected chi connectivity index (χ0v) is 17.9. The molecule has 0 spiro atoms. The Bertz CT molecular complexity index is 1170. The Morgan fingerprint density at radius 3 is 2.42 bits per heavy atom. The summed E-state index contributed by atoms with van der Waals surface area (Å²) in [5.41, 5.74) is 7.79. The Morgan fingerprint density at radius 1 is 1.06 bits per heavy atom. The molecule has 0 atom stereocenters. The lowest BCUT2D eigenvalue weighted by molar-refractivity contribution is -0.118. The fourth-order valence-electron chi connectivity index (χ4n) is 3.50. The molecule has 0 saturated heterocycles. The number of nitrogens with zero attached hydrogens (tertiary/aromatic N) is 2. The first-order valence-corrected chi connectivity index (χ1v) is 10.4. The molecule has 31 heavy (non-hydrogen) atoms. The summed E-state index contributed by atoms with van der Waals surface area (Å²) in [5.74, 6) is -0.257. The van der Waals surface area contributed by atoms with Gasteiger partial charge in [0.25, 0.3) is 5.56 Å². The van der Waals surface area contributed by atoms with E-state index in [0.717, 1.165) is 29.5 Å². The Kier molecular flexibility index (Phi) is 7.07. The maximum absolute atomic E-state index is 13.4. The summed E-state index contributed by atoms with van der Waals surface area (Å²) in [6.07, 6.45) is 1.71. The van der Waals surface area contributed by atoms with Crippen LogP contribution in [0.3, 0.4) is 0 Å². The number of nitrogens with one attached hydrogen (secondary N) is 1. The first kappa shape index (κ1) is 22.1. The van der Waals surface area contributed by atoms with Crippen LogP contribution in [0, 0.1) is 6.92 Å². The maximum Gasteiger partial charge on any atom is 0.330 e. The second-order valence-electron chi connectivity index (χ2n) is 7.57. The number of aromatic nitrogens is 2. The van der Waals surface area contributed by atoms with Gasteiger partial charge in [0.2, 0.25) is 5.91 Å². The van der Waals surface area contributed by atoms with E-state index in [9.17, 15) is 14.4 Å². The van der Waals surface area contributed by atoms with E-state index in [4.69, 9.17) is 5.73 Å². The second-order valence-corrected chi connectivity index (χ2v) is 7.57. The lowest BCUT2D eigenvalue weighted by Crippen LogP contribution is -2.41. The van der Waals surface area contributed by atoms with E-state index in [0.29, 0.717) is 6.54 Å². The highest BCUT2D eigenvalue weighted by Gasteiger charge is 2.25. The summed E-state index contributed by atoms with van der Waals surface area (Å²) in [6, 6.07) is 17.0. The molecule has 7 heteroatoms. The summed E-state index contributed by atoms with van der Waals surface area (Å²) in [4.78, 5) is 42.3. The van der Waals surface area contributed by atoms with Crippen LogP contribution in [0.25, 0.3) is 0 Å². The fraction of sp³-hybridized carbons (Fsp3) is 0.292. The van der Waals surface area contributed by atoms with Crippen LogP contribution < -0.4 is 21.9 Å². The topological polar surface area (TPSA) is 101 Å². The molecule has 0 radical (unpaired) electrons. The lowest BCUT2D eigenvalue weighted by atomic mass is 10.0. The molecule has 1 heterocycles. The third kappa shape index (κ3) is 5.12. The van der Waals surface area contributed by atoms with Crippen molar-refractivity contribution < 1.29 is 4.79 Å². The number of rotatable bonds is 8. The lowest BCUT2D eigenvalue weighted by Gasteiger charge is -2.25. The number of anilines is 2. The molecule has 0 aliphatic rings. The molecule has 3 rings (SSSR count). The molecule has 0 bridgehead atoms. The summed E-state index contributed by atoms with van der Waals surface area (Å²) < 4.78 is 1.33. The van der Waals surface area contributed by atoms with E-state index in [2.05, 4.69) is 4.98 Å². The highest BCUT2D eigenvalue weighted by atomic mass is 16.2. The van der Waals surface area contributed by atoms with E-state index >= 15 is 0 Å². The summed E-state index contributed by atoms with van der Waals surface area (Å²) in [7, 11) is 0. The molecular weight excluding hydrogens is 392 g/mol. The standard InChI is InChI=1S/C24H28N4O3/c1-3-4-14-27-22(25)21(23(30)26-24(27)31)28(16-18-11-6-5-7-12-18)20(29)15-19-13-9-8-10-17(19)2/h5-13H,3-4,14-16,25H2,1-2H3,(H,26,30,31). The molecule has 1 aromatic heterocycles. The third-order valence-corrected chi connectivity index (χ3v) is 5.31. The number of unbranched alkanes of at least 4 members (excludes halogenated alkanes) is 1. The predicted molar refractivity (Wildman–Crippen MR) is 123 cm³/mol. The number of aryl methyl sites for hydroxylation is 1. The Morgan fingerprint density at radius 2 is 1.74 bits per heavy atom. The van der Waals surface area contributed by atoms with Crippen LogP contribution in [0.2, 0.25) is 0 Å². The predicted octanol–water partition coefficient (Wildman–Crippen LogP) is 3.00. The average molecular weight is 421 g/mol. The minimum Gasteiger partial charge on any atom is -0.383 e. The van der Waals surface area contributed by atoms with Gasteiger partial charge in [0, 0.05) is 6.54 Å². The van der Waals surface area contributed by atoms with Crippen molar-refractivity contribution in [2.45, 2.75) is 46.2 Å². The van der Waals surface area contributed by atoms with Crippen LogP contribution in [0.15, 0.2) is 64.2 Å². The van der Waals surface area contributed by atoms with Gasteiger partial charge in [0.15, 0.2) is 5.69 Å². The SMILES string of the molecule is CCCCn1c(N)c(N(Cc2ccccc2)C(=O)Cc2ccccc2C)c(=O)[nH]c1=O. The number of hydrogen-bond donors (Lipinski definition) is 2. The average Bonchev–Trinajstić information content (AvgIpc) is 2.75. The van der Waals surface area contributed by atoms with E-state index in [-0.39, 0.29) is 30.4 Å². The zero-order valence-electron chi connectivity index (χ0n) is 17.9. The quantitative estimate of drug-likeness (QED) is 0.585. The highest BCUT2D eigenvalue weighted by molar-refractivity contribution is 5.96. The van der Waals surface area contributed by atoms with Crippen LogP contribution in [-0.4, -0.2) is 15.5 Å². The molecule has 0 unspecified atom stereocenters. The van der Waals surface area contributed by atoms with Crippen molar-refractivity contribution in [2.75, 3.05) is 10.6 Å². The molecule has 1 amide bonds. The fourth-order valence-corrected chi connectivity index (χ4v) is 3.50. The Balaban J connectivity index is 2.08. The number of nitrogen functional groups attached to an aromatic ring is 1. The summed E-state index contributed by atoms with van der Waals surface area (Å²) >= 11 is 0. The monoisotopic (exact) mass is 420 g/mol. The van der Waals surface area contributed by atoms with Gasteiger partial charge in [-0.1, -0.05) is 67.9 Å². The van der Waals surface area contributed by atoms with Gasteiger partial charge in [0.05, 0.1) is 13.0 Å².